The average molecular weight is 347 g/mol. The monoisotopic (exact) mass is 347 g/mol. The number of hydrogen-bond acceptors (Lipinski definition) is 5. The van der Waals surface area contributed by atoms with Gasteiger partial charge < -0.3 is 15.0 Å². The molecule has 0 saturated carbocycles. The van der Waals surface area contributed by atoms with E-state index in [0.717, 1.165) is 4.90 Å². The second kappa shape index (κ2) is 7.71. The number of urea groups is 1. The van der Waals surface area contributed by atoms with Crippen molar-refractivity contribution in [1.82, 2.24) is 4.90 Å². The van der Waals surface area contributed by atoms with E-state index in [1.807, 2.05) is 0 Å². The summed E-state index contributed by atoms with van der Waals surface area (Å²) in [6.45, 7) is -0.0853. The highest BCUT2D eigenvalue weighted by atomic mass is 32.2. The van der Waals surface area contributed by atoms with Crippen LogP contribution >= 0.6 is 0 Å². The van der Waals surface area contributed by atoms with E-state index >= 15 is 0 Å². The van der Waals surface area contributed by atoms with Gasteiger partial charge in [-0.3, -0.25) is 13.9 Å². The number of nitrogens with zero attached hydrogens (tertiary/aromatic N) is 1. The Hall–Kier alpha value is -2.71. The summed E-state index contributed by atoms with van der Waals surface area (Å²) in [5.41, 5.74) is 5.82. The van der Waals surface area contributed by atoms with Gasteiger partial charge in [0.2, 0.25) is 0 Å². The zero-order valence-corrected chi connectivity index (χ0v) is 13.6. The molecule has 0 aliphatic rings. The second-order valence-electron chi connectivity index (χ2n) is 4.81. The topological polar surface area (TPSA) is 113 Å². The molecule has 0 bridgehead atoms. The van der Waals surface area contributed by atoms with E-state index in [-0.39, 0.29) is 17.0 Å². The molecule has 1 unspecified atom stereocenters. The minimum Gasteiger partial charge on any atom is -0.768 e. The van der Waals surface area contributed by atoms with Crippen molar-refractivity contribution in [3.05, 3.63) is 59.7 Å². The summed E-state index contributed by atoms with van der Waals surface area (Å²) in [5, 5.41) is 0. The smallest absolute Gasteiger partial charge is 0.322 e. The van der Waals surface area contributed by atoms with Crippen molar-refractivity contribution in [2.45, 2.75) is 11.4 Å². The first kappa shape index (κ1) is 17.6. The molecule has 2 rings (SSSR count). The molecule has 2 N–H and O–H groups in total. The maximum Gasteiger partial charge on any atom is 0.322 e. The molecule has 2 aromatic carbocycles. The van der Waals surface area contributed by atoms with Gasteiger partial charge in [0.15, 0.2) is 0 Å². The van der Waals surface area contributed by atoms with Crippen LogP contribution in [0.1, 0.15) is 15.9 Å². The molecular weight excluding hydrogens is 332 g/mol. The van der Waals surface area contributed by atoms with Crippen LogP contribution in [-0.4, -0.2) is 32.7 Å². The van der Waals surface area contributed by atoms with Gasteiger partial charge in [0.25, 0.3) is 5.91 Å². The highest BCUT2D eigenvalue weighted by molar-refractivity contribution is 7.79. The summed E-state index contributed by atoms with van der Waals surface area (Å²) in [6, 6.07) is 11.4. The van der Waals surface area contributed by atoms with Gasteiger partial charge in [-0.25, -0.2) is 4.79 Å². The third kappa shape index (κ3) is 3.98. The number of imide groups is 1. The lowest BCUT2D eigenvalue weighted by molar-refractivity contribution is 0.0795. The maximum atomic E-state index is 12.6. The lowest BCUT2D eigenvalue weighted by atomic mass is 10.1. The number of methoxy groups -OCH3 is 1. The Morgan fingerprint density at radius 1 is 1.17 bits per heavy atom. The van der Waals surface area contributed by atoms with Gasteiger partial charge in [-0.2, -0.15) is 0 Å². The summed E-state index contributed by atoms with van der Waals surface area (Å²) in [7, 11) is 1.52. The van der Waals surface area contributed by atoms with E-state index < -0.39 is 23.0 Å². The number of benzene rings is 2. The fraction of sp³-hybridized carbons (Fsp3) is 0.125. The highest BCUT2D eigenvalue weighted by Crippen LogP contribution is 2.18. The van der Waals surface area contributed by atoms with E-state index in [9.17, 15) is 18.4 Å². The van der Waals surface area contributed by atoms with E-state index in [1.165, 1.54) is 31.4 Å². The highest BCUT2D eigenvalue weighted by Gasteiger charge is 2.23. The molecule has 1 atom stereocenters. The van der Waals surface area contributed by atoms with Crippen LogP contribution in [-0.2, 0) is 17.6 Å². The van der Waals surface area contributed by atoms with Crippen LogP contribution in [0.4, 0.5) is 4.79 Å². The molecule has 8 heteroatoms. The Morgan fingerprint density at radius 3 is 2.33 bits per heavy atom. The first-order valence-corrected chi connectivity index (χ1v) is 7.94. The molecular formula is C16H15N2O5S-. The van der Waals surface area contributed by atoms with Gasteiger partial charge in [-0.1, -0.05) is 24.3 Å². The van der Waals surface area contributed by atoms with E-state index in [4.69, 9.17) is 10.5 Å². The second-order valence-corrected chi connectivity index (χ2v) is 5.72. The molecule has 0 aliphatic heterocycles. The van der Waals surface area contributed by atoms with Crippen molar-refractivity contribution in [2.75, 3.05) is 7.11 Å². The van der Waals surface area contributed by atoms with Gasteiger partial charge in [0, 0.05) is 4.90 Å². The maximum absolute atomic E-state index is 12.6. The first-order valence-electron chi connectivity index (χ1n) is 6.86. The SMILES string of the molecule is COc1ccc(CN(C(N)=O)C(=O)c2ccccc2S(=O)[O-])cc1. The van der Waals surface area contributed by atoms with Crippen LogP contribution < -0.4 is 10.5 Å². The number of carbonyl (C=O) groups excluding carboxylic acids is 2. The van der Waals surface area contributed by atoms with Crippen molar-refractivity contribution in [2.24, 2.45) is 5.73 Å². The van der Waals surface area contributed by atoms with Crippen LogP contribution in [0.25, 0.3) is 0 Å². The lowest BCUT2D eigenvalue weighted by Crippen LogP contribution is -2.40. The van der Waals surface area contributed by atoms with Crippen LogP contribution in [0.15, 0.2) is 53.4 Å². The zero-order chi connectivity index (χ0) is 17.7. The number of hydrogen-bond donors (Lipinski definition) is 1. The average Bonchev–Trinajstić information content (AvgIpc) is 2.59. The minimum absolute atomic E-state index is 0.0853. The first-order chi connectivity index (χ1) is 11.4. The molecule has 7 nitrogen and oxygen atoms in total. The Bertz CT molecular complexity index is 776. The molecule has 0 saturated heterocycles. The molecule has 0 spiro atoms. The number of primary amides is 1. The van der Waals surface area contributed by atoms with E-state index in [1.54, 1.807) is 24.3 Å². The van der Waals surface area contributed by atoms with Crippen LogP contribution in [0.3, 0.4) is 0 Å². The molecule has 0 radical (unpaired) electrons. The number of amides is 3. The van der Waals surface area contributed by atoms with E-state index in [0.29, 0.717) is 11.3 Å². The van der Waals surface area contributed by atoms with Gasteiger partial charge >= 0.3 is 6.03 Å². The normalized spacial score (nSPS) is 11.6. The molecule has 0 aromatic heterocycles. The van der Waals surface area contributed by atoms with Gasteiger partial charge in [0.1, 0.15) is 5.75 Å². The van der Waals surface area contributed by atoms with Crippen molar-refractivity contribution in [1.29, 1.82) is 0 Å². The van der Waals surface area contributed by atoms with Gasteiger partial charge in [0.05, 0.1) is 19.2 Å². The standard InChI is InChI=1S/C16H16N2O5S/c1-23-12-8-6-11(7-9-12)10-18(16(17)20)15(19)13-4-2-3-5-14(13)24(21)22/h2-9H,10H2,1H3,(H2,17,20)(H,21,22)/p-1. The van der Waals surface area contributed by atoms with Crippen LogP contribution in [0, 0.1) is 0 Å². The van der Waals surface area contributed by atoms with Crippen LogP contribution in [0.5, 0.6) is 5.75 Å². The number of rotatable bonds is 5. The molecule has 126 valence electrons. The Morgan fingerprint density at radius 2 is 1.79 bits per heavy atom. The third-order valence-corrected chi connectivity index (χ3v) is 4.02. The molecule has 0 aliphatic carbocycles. The molecule has 0 heterocycles. The zero-order valence-electron chi connectivity index (χ0n) is 12.8. The van der Waals surface area contributed by atoms with Crippen LogP contribution in [0.2, 0.25) is 0 Å². The summed E-state index contributed by atoms with van der Waals surface area (Å²) in [4.78, 5) is 24.8. The Labute approximate surface area is 141 Å². The largest absolute Gasteiger partial charge is 0.768 e. The molecule has 2 aromatic rings. The Balaban J connectivity index is 2.32. The fourth-order valence-corrected chi connectivity index (χ4v) is 2.62. The number of nitrogens with two attached hydrogens (primary N) is 1. The van der Waals surface area contributed by atoms with Gasteiger partial charge in [-0.05, 0) is 40.9 Å². The number of carbonyl (C=O) groups is 2. The predicted molar refractivity (Wildman–Crippen MR) is 86.1 cm³/mol. The minimum atomic E-state index is -2.61. The number of ether oxygens (including phenoxy) is 1. The third-order valence-electron chi connectivity index (χ3n) is 3.31. The fourth-order valence-electron chi connectivity index (χ4n) is 2.10. The summed E-state index contributed by atoms with van der Waals surface area (Å²) in [5.74, 6) is -0.152. The quantitative estimate of drug-likeness (QED) is 0.826. The van der Waals surface area contributed by atoms with E-state index in [2.05, 4.69) is 0 Å². The predicted octanol–water partition coefficient (Wildman–Crippen LogP) is 1.65. The Kier molecular flexibility index (Phi) is 5.67. The molecule has 24 heavy (non-hydrogen) atoms. The summed E-state index contributed by atoms with van der Waals surface area (Å²) in [6.07, 6.45) is 0. The molecule has 0 fully saturated rings. The lowest BCUT2D eigenvalue weighted by Gasteiger charge is -2.21. The van der Waals surface area contributed by atoms with Crippen molar-refractivity contribution in [3.63, 3.8) is 0 Å². The van der Waals surface area contributed by atoms with Gasteiger partial charge in [-0.15, -0.1) is 0 Å². The summed E-state index contributed by atoms with van der Waals surface area (Å²) >= 11 is -2.61. The molecule has 3 amide bonds. The van der Waals surface area contributed by atoms with Crippen molar-refractivity contribution in [3.8, 4) is 5.75 Å². The van der Waals surface area contributed by atoms with Crippen molar-refractivity contribution < 1.29 is 23.1 Å². The summed E-state index contributed by atoms with van der Waals surface area (Å²) < 4.78 is 27.5. The van der Waals surface area contributed by atoms with Crippen molar-refractivity contribution >= 4 is 23.0 Å².